The molecule has 0 bridgehead atoms. The summed E-state index contributed by atoms with van der Waals surface area (Å²) in [5.74, 6) is -0.0271. The van der Waals surface area contributed by atoms with E-state index in [4.69, 9.17) is 5.73 Å². The lowest BCUT2D eigenvalue weighted by Gasteiger charge is -2.20. The molecule has 20 heavy (non-hydrogen) atoms. The fourth-order valence-corrected chi connectivity index (χ4v) is 1.79. The Bertz CT molecular complexity index is 598. The van der Waals surface area contributed by atoms with Crippen molar-refractivity contribution in [2.24, 2.45) is 5.73 Å². The summed E-state index contributed by atoms with van der Waals surface area (Å²) in [4.78, 5) is 8.91. The van der Waals surface area contributed by atoms with Crippen molar-refractivity contribution in [3.63, 3.8) is 0 Å². The minimum absolute atomic E-state index is 0.0271. The molecule has 4 nitrogen and oxygen atoms in total. The average Bonchev–Trinajstić information content (AvgIpc) is 2.45. The molecule has 0 radical (unpaired) electrons. The Hall–Kier alpha value is -2.15. The van der Waals surface area contributed by atoms with Crippen LogP contribution in [0.25, 0.3) is 0 Å². The second kappa shape index (κ2) is 5.46. The van der Waals surface area contributed by atoms with Gasteiger partial charge in [-0.05, 0) is 17.7 Å². The predicted octanol–water partition coefficient (Wildman–Crippen LogP) is 2.72. The zero-order chi connectivity index (χ0) is 14.8. The quantitative estimate of drug-likeness (QED) is 0.940. The molecular weight excluding hydrogens is 269 g/mol. The largest absolute Gasteiger partial charge is 0.433 e. The van der Waals surface area contributed by atoms with Gasteiger partial charge in [0.1, 0.15) is 5.69 Å². The minimum atomic E-state index is -4.49. The summed E-state index contributed by atoms with van der Waals surface area (Å²) < 4.78 is 38.0. The number of rotatable bonds is 3. The van der Waals surface area contributed by atoms with Crippen LogP contribution in [0.5, 0.6) is 0 Å². The van der Waals surface area contributed by atoms with E-state index in [1.54, 1.807) is 25.2 Å². The van der Waals surface area contributed by atoms with Gasteiger partial charge in [0.25, 0.3) is 0 Å². The summed E-state index contributed by atoms with van der Waals surface area (Å²) in [5.41, 5.74) is 6.12. The van der Waals surface area contributed by atoms with Gasteiger partial charge >= 0.3 is 6.18 Å². The Morgan fingerprint density at radius 3 is 2.55 bits per heavy atom. The first-order valence-corrected chi connectivity index (χ1v) is 5.85. The number of nitrogens with zero attached hydrogens (tertiary/aromatic N) is 3. The summed E-state index contributed by atoms with van der Waals surface area (Å²) in [6.07, 6.45) is -3.40. The van der Waals surface area contributed by atoms with Gasteiger partial charge in [-0.3, -0.25) is 0 Å². The summed E-state index contributed by atoms with van der Waals surface area (Å²) in [5, 5.41) is 0. The molecule has 0 saturated carbocycles. The summed E-state index contributed by atoms with van der Waals surface area (Å²) >= 11 is 0. The van der Waals surface area contributed by atoms with Gasteiger partial charge in [0.15, 0.2) is 0 Å². The van der Waals surface area contributed by atoms with Crippen LogP contribution < -0.4 is 10.6 Å². The zero-order valence-corrected chi connectivity index (χ0v) is 10.7. The van der Waals surface area contributed by atoms with E-state index >= 15 is 0 Å². The van der Waals surface area contributed by atoms with E-state index in [1.807, 2.05) is 6.07 Å². The van der Waals surface area contributed by atoms with Crippen molar-refractivity contribution in [2.75, 3.05) is 11.9 Å². The van der Waals surface area contributed by atoms with Gasteiger partial charge in [-0.25, -0.2) is 9.97 Å². The van der Waals surface area contributed by atoms with Crippen LogP contribution in [0.15, 0.2) is 36.5 Å². The number of alkyl halides is 3. The number of nitrogens with two attached hydrogens (primary N) is 1. The van der Waals surface area contributed by atoms with Gasteiger partial charge in [0.2, 0.25) is 5.95 Å². The number of benzene rings is 1. The molecule has 106 valence electrons. The van der Waals surface area contributed by atoms with Crippen molar-refractivity contribution in [2.45, 2.75) is 12.7 Å². The van der Waals surface area contributed by atoms with Gasteiger partial charge in [-0.2, -0.15) is 13.2 Å². The third-order valence-electron chi connectivity index (χ3n) is 2.81. The third-order valence-corrected chi connectivity index (χ3v) is 2.81. The minimum Gasteiger partial charge on any atom is -0.326 e. The van der Waals surface area contributed by atoms with Crippen molar-refractivity contribution in [3.8, 4) is 0 Å². The number of anilines is 2. The summed E-state index contributed by atoms with van der Waals surface area (Å²) in [6.45, 7) is 0.277. The highest BCUT2D eigenvalue weighted by Crippen LogP contribution is 2.30. The predicted molar refractivity (Wildman–Crippen MR) is 69.4 cm³/mol. The summed E-state index contributed by atoms with van der Waals surface area (Å²) in [6, 6.07) is 7.99. The maximum atomic E-state index is 12.7. The first kappa shape index (κ1) is 14.3. The average molecular weight is 282 g/mol. The SMILES string of the molecule is CN(c1nccc(C(F)(F)F)n1)c1ccccc1CN. The molecule has 0 unspecified atom stereocenters. The van der Waals surface area contributed by atoms with Crippen LogP contribution in [0.3, 0.4) is 0 Å². The molecule has 0 fully saturated rings. The molecule has 1 heterocycles. The van der Waals surface area contributed by atoms with Crippen LogP contribution >= 0.6 is 0 Å². The monoisotopic (exact) mass is 282 g/mol. The topological polar surface area (TPSA) is 55.0 Å². The maximum Gasteiger partial charge on any atom is 0.433 e. The van der Waals surface area contributed by atoms with Crippen molar-refractivity contribution in [3.05, 3.63) is 47.8 Å². The van der Waals surface area contributed by atoms with Crippen molar-refractivity contribution in [1.29, 1.82) is 0 Å². The van der Waals surface area contributed by atoms with Gasteiger partial charge in [0.05, 0.1) is 0 Å². The van der Waals surface area contributed by atoms with Gasteiger partial charge in [0, 0.05) is 25.5 Å². The highest BCUT2D eigenvalue weighted by Gasteiger charge is 2.33. The molecule has 0 atom stereocenters. The van der Waals surface area contributed by atoms with E-state index < -0.39 is 11.9 Å². The van der Waals surface area contributed by atoms with Crippen LogP contribution in [0, 0.1) is 0 Å². The van der Waals surface area contributed by atoms with E-state index in [1.165, 1.54) is 4.90 Å². The molecule has 0 aliphatic rings. The molecule has 1 aromatic heterocycles. The molecule has 2 N–H and O–H groups in total. The van der Waals surface area contributed by atoms with Crippen molar-refractivity contribution >= 4 is 11.6 Å². The maximum absolute atomic E-state index is 12.7. The van der Waals surface area contributed by atoms with Gasteiger partial charge in [-0.1, -0.05) is 18.2 Å². The first-order valence-electron chi connectivity index (χ1n) is 5.85. The van der Waals surface area contributed by atoms with Crippen LogP contribution in [-0.2, 0) is 12.7 Å². The lowest BCUT2D eigenvalue weighted by molar-refractivity contribution is -0.141. The lowest BCUT2D eigenvalue weighted by Crippen LogP contribution is -2.18. The molecule has 0 aliphatic heterocycles. The van der Waals surface area contributed by atoms with E-state index in [0.717, 1.165) is 17.8 Å². The Balaban J connectivity index is 2.41. The third kappa shape index (κ3) is 2.88. The molecule has 0 aliphatic carbocycles. The van der Waals surface area contributed by atoms with E-state index in [2.05, 4.69) is 9.97 Å². The van der Waals surface area contributed by atoms with Gasteiger partial charge in [-0.15, -0.1) is 0 Å². The molecule has 2 aromatic rings. The number of hydrogen-bond donors (Lipinski definition) is 1. The van der Waals surface area contributed by atoms with Crippen LogP contribution in [0.1, 0.15) is 11.3 Å². The normalized spacial score (nSPS) is 11.4. The number of para-hydroxylation sites is 1. The highest BCUT2D eigenvalue weighted by molar-refractivity contribution is 5.61. The second-order valence-corrected chi connectivity index (χ2v) is 4.13. The molecule has 0 amide bonds. The summed E-state index contributed by atoms with van der Waals surface area (Å²) in [7, 11) is 1.60. The Kier molecular flexibility index (Phi) is 3.89. The molecule has 0 saturated heterocycles. The first-order chi connectivity index (χ1) is 9.43. The van der Waals surface area contributed by atoms with E-state index in [0.29, 0.717) is 5.69 Å². The van der Waals surface area contributed by atoms with E-state index in [9.17, 15) is 13.2 Å². The number of halogens is 3. The van der Waals surface area contributed by atoms with Crippen LogP contribution in [0.2, 0.25) is 0 Å². The van der Waals surface area contributed by atoms with E-state index in [-0.39, 0.29) is 12.5 Å². The van der Waals surface area contributed by atoms with Crippen LogP contribution in [0.4, 0.5) is 24.8 Å². The molecule has 0 spiro atoms. The molecule has 2 rings (SSSR count). The molecular formula is C13H13F3N4. The molecule has 7 heteroatoms. The lowest BCUT2D eigenvalue weighted by atomic mass is 10.1. The Morgan fingerprint density at radius 2 is 1.90 bits per heavy atom. The Labute approximate surface area is 114 Å². The van der Waals surface area contributed by atoms with Crippen LogP contribution in [-0.4, -0.2) is 17.0 Å². The number of hydrogen-bond acceptors (Lipinski definition) is 4. The smallest absolute Gasteiger partial charge is 0.326 e. The fourth-order valence-electron chi connectivity index (χ4n) is 1.79. The highest BCUT2D eigenvalue weighted by atomic mass is 19.4. The second-order valence-electron chi connectivity index (χ2n) is 4.13. The van der Waals surface area contributed by atoms with Gasteiger partial charge < -0.3 is 10.6 Å². The van der Waals surface area contributed by atoms with Crippen molar-refractivity contribution < 1.29 is 13.2 Å². The Morgan fingerprint density at radius 1 is 1.20 bits per heavy atom. The number of aromatic nitrogens is 2. The molecule has 1 aromatic carbocycles. The standard InChI is InChI=1S/C13H13F3N4/c1-20(10-5-3-2-4-9(10)8-17)12-18-7-6-11(19-12)13(14,15)16/h2-7H,8,17H2,1H3. The van der Waals surface area contributed by atoms with Crippen molar-refractivity contribution in [1.82, 2.24) is 9.97 Å². The fraction of sp³-hybridized carbons (Fsp3) is 0.231. The zero-order valence-electron chi connectivity index (χ0n) is 10.7.